The Morgan fingerprint density at radius 1 is 0.722 bits per heavy atom. The van der Waals surface area contributed by atoms with Gasteiger partial charge in [-0.05, 0) is 51.4 Å². The summed E-state index contributed by atoms with van der Waals surface area (Å²) in [6, 6.07) is 0.483. The molecule has 4 bridgehead atoms. The Bertz CT molecular complexity index is 314. The third kappa shape index (κ3) is 1.64. The minimum absolute atomic E-state index is 0.0567. The fourth-order valence-corrected chi connectivity index (χ4v) is 3.76. The normalized spacial score (nSPS) is 42.4. The summed E-state index contributed by atoms with van der Waals surface area (Å²) in [5.74, 6) is 0. The molecule has 6 rings (SSSR count). The van der Waals surface area contributed by atoms with E-state index in [1.165, 1.54) is 0 Å². The minimum atomic E-state index is -0.0567. The highest BCUT2D eigenvalue weighted by Crippen LogP contribution is 2.37. The zero-order valence-corrected chi connectivity index (χ0v) is 10.6. The van der Waals surface area contributed by atoms with Gasteiger partial charge in [0.2, 0.25) is 0 Å². The molecule has 0 spiro atoms. The van der Waals surface area contributed by atoms with Crippen LogP contribution in [0.3, 0.4) is 0 Å². The smallest absolute Gasteiger partial charge is 0.266 e. The number of rotatable bonds is 0. The monoisotopic (exact) mass is 252 g/mol. The molecular weight excluding hydrogens is 232 g/mol. The van der Waals surface area contributed by atoms with Gasteiger partial charge in [-0.25, -0.2) is 4.79 Å². The summed E-state index contributed by atoms with van der Waals surface area (Å²) < 4.78 is 0. The molecule has 6 aliphatic rings. The zero-order valence-electron chi connectivity index (χ0n) is 10.6. The molecular formula is C13H20N2O3. The van der Waals surface area contributed by atoms with Crippen molar-refractivity contribution in [3.05, 3.63) is 0 Å². The van der Waals surface area contributed by atoms with Crippen LogP contribution in [0.4, 0.5) is 4.79 Å². The van der Waals surface area contributed by atoms with Crippen molar-refractivity contribution >= 4 is 6.03 Å². The lowest BCUT2D eigenvalue weighted by Crippen LogP contribution is -2.60. The number of hydrogen-bond donors (Lipinski definition) is 0. The predicted octanol–water partition coefficient (Wildman–Crippen LogP) is 2.22. The van der Waals surface area contributed by atoms with Crippen molar-refractivity contribution in [1.29, 1.82) is 0 Å². The Hall–Kier alpha value is -0.810. The Labute approximate surface area is 107 Å². The SMILES string of the molecule is O=C(N1OC2CCC1CC2)N1OC2CCC1CC2. The quantitative estimate of drug-likeness (QED) is 0.664. The van der Waals surface area contributed by atoms with Gasteiger partial charge in [0.15, 0.2) is 0 Å². The molecule has 100 valence electrons. The first kappa shape index (κ1) is 11.1. The third-order valence-corrected chi connectivity index (χ3v) is 4.85. The summed E-state index contributed by atoms with van der Waals surface area (Å²) in [7, 11) is 0. The number of carbonyl (C=O) groups is 1. The molecule has 4 heterocycles. The maximum atomic E-state index is 12.5. The van der Waals surface area contributed by atoms with Gasteiger partial charge in [-0.3, -0.25) is 9.68 Å². The molecule has 2 saturated carbocycles. The van der Waals surface area contributed by atoms with Gasteiger partial charge in [0.1, 0.15) is 0 Å². The van der Waals surface area contributed by atoms with E-state index in [1.807, 2.05) is 0 Å². The zero-order chi connectivity index (χ0) is 12.1. The Balaban J connectivity index is 1.50. The Morgan fingerprint density at radius 2 is 1.11 bits per heavy atom. The van der Waals surface area contributed by atoms with E-state index in [-0.39, 0.29) is 30.3 Å². The van der Waals surface area contributed by atoms with Crippen LogP contribution in [0.15, 0.2) is 0 Å². The second-order valence-corrected chi connectivity index (χ2v) is 6.01. The van der Waals surface area contributed by atoms with E-state index in [0.29, 0.717) is 0 Å². The van der Waals surface area contributed by atoms with Crippen LogP contribution in [0.2, 0.25) is 0 Å². The van der Waals surface area contributed by atoms with E-state index in [2.05, 4.69) is 0 Å². The molecule has 4 aliphatic heterocycles. The van der Waals surface area contributed by atoms with Crippen molar-refractivity contribution < 1.29 is 14.5 Å². The van der Waals surface area contributed by atoms with Gasteiger partial charge >= 0.3 is 6.03 Å². The number of urea groups is 1. The third-order valence-electron chi connectivity index (χ3n) is 4.85. The second-order valence-electron chi connectivity index (χ2n) is 6.01. The maximum absolute atomic E-state index is 12.5. The molecule has 5 nitrogen and oxygen atoms in total. The van der Waals surface area contributed by atoms with E-state index in [9.17, 15) is 4.79 Å². The predicted molar refractivity (Wildman–Crippen MR) is 63.3 cm³/mol. The highest BCUT2D eigenvalue weighted by atomic mass is 16.7. The Kier molecular flexibility index (Phi) is 2.52. The molecule has 6 fully saturated rings. The number of carbonyl (C=O) groups excluding carboxylic acids is 1. The molecule has 4 saturated heterocycles. The van der Waals surface area contributed by atoms with Crippen LogP contribution >= 0.6 is 0 Å². The summed E-state index contributed by atoms with van der Waals surface area (Å²) >= 11 is 0. The van der Waals surface area contributed by atoms with Gasteiger partial charge in [0.05, 0.1) is 24.3 Å². The van der Waals surface area contributed by atoms with Gasteiger partial charge in [0.25, 0.3) is 0 Å². The van der Waals surface area contributed by atoms with Crippen LogP contribution in [-0.4, -0.2) is 40.4 Å². The average molecular weight is 252 g/mol. The van der Waals surface area contributed by atoms with Gasteiger partial charge in [0, 0.05) is 0 Å². The van der Waals surface area contributed by atoms with Crippen molar-refractivity contribution in [2.45, 2.75) is 75.7 Å². The number of nitrogens with zero attached hydrogens (tertiary/aromatic N) is 2. The molecule has 0 N–H and O–H groups in total. The van der Waals surface area contributed by atoms with Gasteiger partial charge in [-0.1, -0.05) is 0 Å². The van der Waals surface area contributed by atoms with E-state index in [0.717, 1.165) is 51.4 Å². The van der Waals surface area contributed by atoms with Crippen LogP contribution in [0.5, 0.6) is 0 Å². The minimum Gasteiger partial charge on any atom is -0.266 e. The van der Waals surface area contributed by atoms with Crippen molar-refractivity contribution in [3.63, 3.8) is 0 Å². The first-order chi connectivity index (χ1) is 8.81. The summed E-state index contributed by atoms with van der Waals surface area (Å²) in [4.78, 5) is 24.1. The molecule has 2 amide bonds. The molecule has 5 heteroatoms. The van der Waals surface area contributed by atoms with Crippen LogP contribution < -0.4 is 0 Å². The van der Waals surface area contributed by atoms with Gasteiger partial charge in [-0.15, -0.1) is 0 Å². The fraction of sp³-hybridized carbons (Fsp3) is 0.923. The summed E-state index contributed by atoms with van der Waals surface area (Å²) in [6.45, 7) is 0. The second kappa shape index (κ2) is 4.10. The molecule has 0 unspecified atom stereocenters. The van der Waals surface area contributed by atoms with Crippen molar-refractivity contribution in [2.75, 3.05) is 0 Å². The molecule has 0 aromatic rings. The average Bonchev–Trinajstić information content (AvgIpc) is 2.49. The summed E-state index contributed by atoms with van der Waals surface area (Å²) in [5.41, 5.74) is 0. The molecule has 0 atom stereocenters. The first-order valence-electron chi connectivity index (χ1n) is 7.27. The Morgan fingerprint density at radius 3 is 1.39 bits per heavy atom. The van der Waals surface area contributed by atoms with Gasteiger partial charge < -0.3 is 0 Å². The van der Waals surface area contributed by atoms with E-state index >= 15 is 0 Å². The van der Waals surface area contributed by atoms with Crippen LogP contribution in [-0.2, 0) is 9.68 Å². The highest BCUT2D eigenvalue weighted by Gasteiger charge is 2.45. The number of fused-ring (bicyclic) bond motifs is 6. The van der Waals surface area contributed by atoms with Crippen molar-refractivity contribution in [3.8, 4) is 0 Å². The van der Waals surface area contributed by atoms with E-state index < -0.39 is 0 Å². The fourth-order valence-electron chi connectivity index (χ4n) is 3.76. The van der Waals surface area contributed by atoms with Crippen molar-refractivity contribution in [2.24, 2.45) is 0 Å². The van der Waals surface area contributed by atoms with Crippen LogP contribution in [0.1, 0.15) is 51.4 Å². The molecule has 2 aliphatic carbocycles. The molecule has 18 heavy (non-hydrogen) atoms. The summed E-state index contributed by atoms with van der Waals surface area (Å²) in [5, 5.41) is 3.22. The lowest BCUT2D eigenvalue weighted by molar-refractivity contribution is -0.291. The number of amides is 2. The maximum Gasteiger partial charge on any atom is 0.368 e. The van der Waals surface area contributed by atoms with Crippen LogP contribution in [0.25, 0.3) is 0 Å². The highest BCUT2D eigenvalue weighted by molar-refractivity contribution is 5.73. The molecule has 0 radical (unpaired) electrons. The number of hydrogen-bond acceptors (Lipinski definition) is 3. The number of hydroxylamine groups is 4. The van der Waals surface area contributed by atoms with E-state index in [4.69, 9.17) is 9.68 Å². The lowest BCUT2D eigenvalue weighted by atomic mass is 9.90. The first-order valence-corrected chi connectivity index (χ1v) is 7.27. The largest absolute Gasteiger partial charge is 0.368 e. The molecule has 0 aromatic heterocycles. The van der Waals surface area contributed by atoms with Gasteiger partial charge in [-0.2, -0.15) is 10.1 Å². The molecule has 0 aromatic carbocycles. The summed E-state index contributed by atoms with van der Waals surface area (Å²) in [6.07, 6.45) is 9.22. The van der Waals surface area contributed by atoms with Crippen molar-refractivity contribution in [1.82, 2.24) is 10.1 Å². The van der Waals surface area contributed by atoms with Crippen LogP contribution in [0, 0.1) is 0 Å². The lowest BCUT2D eigenvalue weighted by Gasteiger charge is -2.49. The standard InChI is InChI=1S/C13H20N2O3/c16-13(14-9-1-5-11(17-14)6-2-9)15-10-3-7-12(18-15)8-4-10/h9-12H,1-8H2. The van der Waals surface area contributed by atoms with E-state index in [1.54, 1.807) is 10.1 Å². The topological polar surface area (TPSA) is 42.0 Å².